The maximum absolute atomic E-state index is 14.5. The molecule has 16 heteroatoms. The third-order valence-corrected chi connectivity index (χ3v) is 12.3. The molecule has 15 nitrogen and oxygen atoms in total. The Labute approximate surface area is 369 Å². The van der Waals surface area contributed by atoms with Crippen LogP contribution >= 0.6 is 11.8 Å². The van der Waals surface area contributed by atoms with Gasteiger partial charge in [0.05, 0.1) is 18.6 Å². The van der Waals surface area contributed by atoms with Crippen molar-refractivity contribution in [1.29, 1.82) is 0 Å². The van der Waals surface area contributed by atoms with Gasteiger partial charge in [-0.05, 0) is 59.8 Å². The summed E-state index contributed by atoms with van der Waals surface area (Å²) < 4.78 is 6.10. The molecule has 4 aromatic carbocycles. The van der Waals surface area contributed by atoms with Crippen molar-refractivity contribution < 1.29 is 43.1 Å². The van der Waals surface area contributed by atoms with E-state index in [4.69, 9.17) is 10.5 Å². The monoisotopic (exact) mass is 876 g/mol. The number of rotatable bonds is 15. The number of hydrogen-bond donors (Lipinski definition) is 6. The van der Waals surface area contributed by atoms with Gasteiger partial charge < -0.3 is 41.8 Å². The Morgan fingerprint density at radius 3 is 2.27 bits per heavy atom. The molecule has 5 amide bonds. The van der Waals surface area contributed by atoms with Crippen LogP contribution in [0.15, 0.2) is 103 Å². The van der Waals surface area contributed by atoms with Crippen LogP contribution in [0.25, 0.3) is 10.8 Å². The number of hydrogen-bond acceptors (Lipinski definition) is 11. The predicted octanol–water partition coefficient (Wildman–Crippen LogP) is 2.47. The maximum Gasteiger partial charge on any atom is 0.253 e. The van der Waals surface area contributed by atoms with E-state index in [-0.39, 0.29) is 31.4 Å². The molecule has 0 spiro atoms. The second-order valence-corrected chi connectivity index (χ2v) is 17.0. The minimum absolute atomic E-state index is 0.0139. The van der Waals surface area contributed by atoms with Gasteiger partial charge in [-0.15, -0.1) is 0 Å². The van der Waals surface area contributed by atoms with Gasteiger partial charge in [0.15, 0.2) is 12.0 Å². The standard InChI is InChI=1S/C47H52N6O9S/c48-20-10-9-17-34(27-54)49-44(59)37(22-29-11-3-1-4-12-29)51-46(61)38-28-63-41-26-39(56)47(53-43(58)32-14-5-2-6-15-32)62-40(41)24-35(55)25-42(57)50-36(45(60)52-38)23-30-18-19-31-13-7-8-16-33(31)21-30/h1-8,11-16,18-19,21,27,34,36-38,40-41,47H,9-10,17,20,22-26,28,48H2,(H,49,59)(H,50,57)(H,51,61)(H,52,60)(H,53,58). The van der Waals surface area contributed by atoms with Crippen molar-refractivity contribution in [3.8, 4) is 0 Å². The van der Waals surface area contributed by atoms with Crippen LogP contribution in [0.4, 0.5) is 0 Å². The Morgan fingerprint density at radius 1 is 0.825 bits per heavy atom. The van der Waals surface area contributed by atoms with E-state index in [1.54, 1.807) is 54.6 Å². The lowest BCUT2D eigenvalue weighted by Gasteiger charge is -2.36. The molecular formula is C47H52N6O9S. The number of nitrogens with two attached hydrogens (primary N) is 1. The molecule has 0 radical (unpaired) electrons. The number of ketones is 2. The van der Waals surface area contributed by atoms with Crippen LogP contribution < -0.4 is 32.3 Å². The molecule has 2 aliphatic rings. The second-order valence-electron chi connectivity index (χ2n) is 15.7. The fraction of sp³-hybridized carbons (Fsp3) is 0.362. The van der Waals surface area contributed by atoms with Crippen molar-refractivity contribution in [2.24, 2.45) is 5.73 Å². The number of carbonyl (C=O) groups is 8. The largest absolute Gasteiger partial charge is 0.346 e. The first kappa shape index (κ1) is 46.3. The Bertz CT molecular complexity index is 2280. The zero-order valence-electron chi connectivity index (χ0n) is 34.7. The topological polar surface area (TPSA) is 232 Å². The molecule has 7 unspecified atom stereocenters. The molecule has 7 atom stereocenters. The van der Waals surface area contributed by atoms with Crippen LogP contribution in [0.3, 0.4) is 0 Å². The molecule has 0 aromatic heterocycles. The van der Waals surface area contributed by atoms with Gasteiger partial charge in [-0.3, -0.25) is 33.6 Å². The molecule has 6 rings (SSSR count). The molecule has 2 fully saturated rings. The second kappa shape index (κ2) is 22.7. The molecule has 63 heavy (non-hydrogen) atoms. The maximum atomic E-state index is 14.5. The highest BCUT2D eigenvalue weighted by atomic mass is 32.2. The fourth-order valence-corrected chi connectivity index (χ4v) is 8.86. The number of unbranched alkanes of at least 4 members (excludes halogenated alkanes) is 1. The highest BCUT2D eigenvalue weighted by Gasteiger charge is 2.41. The molecule has 7 N–H and O–H groups in total. The van der Waals surface area contributed by atoms with Gasteiger partial charge in [0.2, 0.25) is 23.6 Å². The number of benzene rings is 4. The van der Waals surface area contributed by atoms with Crippen LogP contribution in [0.2, 0.25) is 0 Å². The van der Waals surface area contributed by atoms with Gasteiger partial charge in [-0.25, -0.2) is 0 Å². The number of aldehydes is 1. The normalized spacial score (nSPS) is 21.8. The summed E-state index contributed by atoms with van der Waals surface area (Å²) in [6.45, 7) is 0.424. The lowest BCUT2D eigenvalue weighted by atomic mass is 9.99. The van der Waals surface area contributed by atoms with Crippen LogP contribution in [0.1, 0.15) is 60.0 Å². The summed E-state index contributed by atoms with van der Waals surface area (Å²) in [5.74, 6) is -4.50. The van der Waals surface area contributed by atoms with Crippen LogP contribution in [0.5, 0.6) is 0 Å². The number of thioether (sulfide) groups is 1. The van der Waals surface area contributed by atoms with Crippen molar-refractivity contribution in [1.82, 2.24) is 26.6 Å². The number of fused-ring (bicyclic) bond motifs is 2. The summed E-state index contributed by atoms with van der Waals surface area (Å²) in [6, 6.07) is 25.9. The van der Waals surface area contributed by atoms with E-state index >= 15 is 0 Å². The van der Waals surface area contributed by atoms with Crippen LogP contribution in [-0.4, -0.2) is 101 Å². The summed E-state index contributed by atoms with van der Waals surface area (Å²) in [7, 11) is 0. The fourth-order valence-electron chi connectivity index (χ4n) is 7.53. The Kier molecular flexibility index (Phi) is 16.7. The SMILES string of the molecule is NCCCCC(C=O)NC(=O)C(Cc1ccccc1)NC(=O)C1CSC2CC(=O)C(NC(=O)c3ccccc3)OC2CC(=O)CC(=O)NC(Cc2ccc3ccccc3c2)C(=O)N1. The molecule has 0 saturated carbocycles. The Balaban J connectivity index is 1.28. The van der Waals surface area contributed by atoms with E-state index in [1.807, 2.05) is 48.5 Å². The molecule has 330 valence electrons. The Hall–Kier alpha value is -6.23. The van der Waals surface area contributed by atoms with Crippen molar-refractivity contribution in [3.05, 3.63) is 120 Å². The molecule has 2 heterocycles. The third kappa shape index (κ3) is 13.4. The van der Waals surface area contributed by atoms with Crippen molar-refractivity contribution in [2.45, 2.75) is 93.1 Å². The summed E-state index contributed by atoms with van der Waals surface area (Å²) in [6.07, 6.45) is -1.12. The predicted molar refractivity (Wildman–Crippen MR) is 237 cm³/mol. The van der Waals surface area contributed by atoms with Crippen molar-refractivity contribution in [2.75, 3.05) is 12.3 Å². The summed E-state index contributed by atoms with van der Waals surface area (Å²) in [5.41, 5.74) is 7.35. The van der Waals surface area contributed by atoms with Crippen LogP contribution in [0, 0.1) is 0 Å². The highest BCUT2D eigenvalue weighted by Crippen LogP contribution is 2.30. The van der Waals surface area contributed by atoms with Gasteiger partial charge >= 0.3 is 0 Å². The van der Waals surface area contributed by atoms with Crippen molar-refractivity contribution in [3.63, 3.8) is 0 Å². The summed E-state index contributed by atoms with van der Waals surface area (Å²) in [5, 5.41) is 14.8. The molecule has 0 aliphatic carbocycles. The number of Topliss-reactive ketones (excluding diaryl/α,β-unsaturated/α-hetero) is 2. The number of nitrogens with one attached hydrogen (secondary N) is 5. The first-order valence-electron chi connectivity index (χ1n) is 21.0. The average Bonchev–Trinajstić information content (AvgIpc) is 3.28. The zero-order chi connectivity index (χ0) is 44.7. The summed E-state index contributed by atoms with van der Waals surface area (Å²) >= 11 is 1.11. The average molecular weight is 877 g/mol. The lowest BCUT2D eigenvalue weighted by Crippen LogP contribution is -2.59. The minimum Gasteiger partial charge on any atom is -0.346 e. The quantitative estimate of drug-likeness (QED) is 0.0577. The van der Waals surface area contributed by atoms with Gasteiger partial charge in [-0.1, -0.05) is 91.0 Å². The molecule has 2 saturated heterocycles. The molecular weight excluding hydrogens is 825 g/mol. The van der Waals surface area contributed by atoms with Gasteiger partial charge in [0, 0.05) is 42.2 Å². The smallest absolute Gasteiger partial charge is 0.253 e. The van der Waals surface area contributed by atoms with E-state index in [1.165, 1.54) is 0 Å². The first-order chi connectivity index (χ1) is 30.5. The van der Waals surface area contributed by atoms with Gasteiger partial charge in [0.1, 0.15) is 30.2 Å². The van der Waals surface area contributed by atoms with E-state index in [2.05, 4.69) is 26.6 Å². The van der Waals surface area contributed by atoms with E-state index < -0.39 is 89.3 Å². The highest BCUT2D eigenvalue weighted by molar-refractivity contribution is 8.00. The third-order valence-electron chi connectivity index (χ3n) is 10.9. The Morgan fingerprint density at radius 2 is 1.54 bits per heavy atom. The number of carbonyl (C=O) groups excluding carboxylic acids is 8. The minimum atomic E-state index is -1.38. The van der Waals surface area contributed by atoms with Gasteiger partial charge in [0.25, 0.3) is 5.91 Å². The molecule has 0 bridgehead atoms. The molecule has 2 aliphatic heterocycles. The number of ether oxygens (including phenoxy) is 1. The first-order valence-corrected chi connectivity index (χ1v) is 22.1. The van der Waals surface area contributed by atoms with Crippen molar-refractivity contribution >= 4 is 69.9 Å². The van der Waals surface area contributed by atoms with E-state index in [9.17, 15) is 38.4 Å². The lowest BCUT2D eigenvalue weighted by molar-refractivity contribution is -0.147. The van der Waals surface area contributed by atoms with E-state index in [0.717, 1.165) is 28.1 Å². The molecule has 4 aromatic rings. The van der Waals surface area contributed by atoms with Crippen LogP contribution in [-0.2, 0) is 51.1 Å². The van der Waals surface area contributed by atoms with Gasteiger partial charge in [-0.2, -0.15) is 11.8 Å². The van der Waals surface area contributed by atoms with E-state index in [0.29, 0.717) is 43.2 Å². The number of amides is 5. The summed E-state index contributed by atoms with van der Waals surface area (Å²) in [4.78, 5) is 108. The zero-order valence-corrected chi connectivity index (χ0v) is 35.5.